The highest BCUT2D eigenvalue weighted by Gasteiger charge is 2.37. The topological polar surface area (TPSA) is 84.9 Å². The van der Waals surface area contributed by atoms with Crippen LogP contribution in [0.4, 0.5) is 14.9 Å². The molecule has 1 N–H and O–H groups in total. The van der Waals surface area contributed by atoms with Crippen molar-refractivity contribution in [3.63, 3.8) is 0 Å². The average molecular weight is 588 g/mol. The van der Waals surface area contributed by atoms with Gasteiger partial charge >= 0.3 is 6.03 Å². The van der Waals surface area contributed by atoms with Crippen LogP contribution in [-0.4, -0.2) is 24.5 Å². The van der Waals surface area contributed by atoms with Crippen LogP contribution in [0.25, 0.3) is 6.08 Å². The number of aryl methyl sites for hydroxylation is 1. The molecule has 0 spiro atoms. The van der Waals surface area contributed by atoms with Crippen LogP contribution in [0.5, 0.6) is 11.5 Å². The fourth-order valence-electron chi connectivity index (χ4n) is 3.58. The number of urea groups is 1. The van der Waals surface area contributed by atoms with Gasteiger partial charge in [0.15, 0.2) is 11.5 Å². The minimum absolute atomic E-state index is 0.0311. The summed E-state index contributed by atoms with van der Waals surface area (Å²) in [7, 11) is 0. The number of ether oxygens (including phenoxy) is 2. The molecule has 0 aromatic heterocycles. The van der Waals surface area contributed by atoms with E-state index in [1.165, 1.54) is 18.2 Å². The van der Waals surface area contributed by atoms with Crippen LogP contribution in [0.1, 0.15) is 23.6 Å². The molecule has 0 aliphatic carbocycles. The number of anilines is 1. The number of barbiturate groups is 1. The van der Waals surface area contributed by atoms with Crippen LogP contribution in [-0.2, 0) is 16.2 Å². The summed E-state index contributed by atoms with van der Waals surface area (Å²) in [5.74, 6) is -1.37. The molecular weight excluding hydrogens is 567 g/mol. The first-order valence-corrected chi connectivity index (χ1v) is 12.4. The fraction of sp³-hybridized carbons (Fsp3) is 0.148. The Kier molecular flexibility index (Phi) is 7.94. The maximum atomic E-state index is 14.0. The van der Waals surface area contributed by atoms with Gasteiger partial charge in [-0.25, -0.2) is 14.1 Å². The summed E-state index contributed by atoms with van der Waals surface area (Å²) < 4.78 is 26.0. The van der Waals surface area contributed by atoms with E-state index in [2.05, 4.69) is 21.2 Å². The zero-order chi connectivity index (χ0) is 26.7. The molecule has 1 aliphatic heterocycles. The Morgan fingerprint density at radius 3 is 2.49 bits per heavy atom. The van der Waals surface area contributed by atoms with Gasteiger partial charge in [-0.05, 0) is 61.4 Å². The Labute approximate surface area is 225 Å². The summed E-state index contributed by atoms with van der Waals surface area (Å²) in [5, 5.41) is 2.56. The highest BCUT2D eigenvalue weighted by molar-refractivity contribution is 9.10. The van der Waals surface area contributed by atoms with Crippen molar-refractivity contribution in [3.8, 4) is 11.5 Å². The molecule has 1 aliphatic rings. The van der Waals surface area contributed by atoms with Gasteiger partial charge in [0.1, 0.15) is 18.0 Å². The number of halogens is 3. The van der Waals surface area contributed by atoms with Crippen LogP contribution in [0.3, 0.4) is 0 Å². The Hall–Kier alpha value is -3.69. The van der Waals surface area contributed by atoms with E-state index in [-0.39, 0.29) is 17.9 Å². The van der Waals surface area contributed by atoms with E-state index in [4.69, 9.17) is 21.1 Å². The predicted octanol–water partition coefficient (Wildman–Crippen LogP) is 6.19. The van der Waals surface area contributed by atoms with Crippen LogP contribution < -0.4 is 19.7 Å². The summed E-state index contributed by atoms with van der Waals surface area (Å²) in [4.78, 5) is 39.2. The molecule has 4 rings (SSSR count). The second-order valence-corrected chi connectivity index (χ2v) is 9.29. The maximum Gasteiger partial charge on any atom is 0.335 e. The first-order chi connectivity index (χ1) is 17.7. The molecule has 4 amide bonds. The SMILES string of the molecule is CCOc1cc(/C=C2/C(=O)NC(=O)N(c3ccc(C)c(Cl)c3)C2=O)c(Br)cc1OCc1ccccc1F. The van der Waals surface area contributed by atoms with Crippen molar-refractivity contribution in [1.29, 1.82) is 0 Å². The van der Waals surface area contributed by atoms with Gasteiger partial charge in [-0.15, -0.1) is 0 Å². The Morgan fingerprint density at radius 2 is 1.78 bits per heavy atom. The van der Waals surface area contributed by atoms with Crippen LogP contribution in [0.2, 0.25) is 5.02 Å². The lowest BCUT2D eigenvalue weighted by Crippen LogP contribution is -2.54. The molecule has 10 heteroatoms. The average Bonchev–Trinajstić information content (AvgIpc) is 2.85. The number of rotatable bonds is 7. The quantitative estimate of drug-likeness (QED) is 0.263. The summed E-state index contributed by atoms with van der Waals surface area (Å²) in [6, 6.07) is 13.3. The fourth-order valence-corrected chi connectivity index (χ4v) is 4.19. The number of carbonyl (C=O) groups excluding carboxylic acids is 3. The molecule has 7 nitrogen and oxygen atoms in total. The molecule has 3 aromatic carbocycles. The van der Waals surface area contributed by atoms with E-state index in [0.717, 1.165) is 10.5 Å². The van der Waals surface area contributed by atoms with Gasteiger partial charge in [-0.2, -0.15) is 0 Å². The summed E-state index contributed by atoms with van der Waals surface area (Å²) >= 11 is 9.61. The molecule has 3 aromatic rings. The summed E-state index contributed by atoms with van der Waals surface area (Å²) in [5.41, 5.74) is 1.53. The van der Waals surface area contributed by atoms with Crippen LogP contribution in [0, 0.1) is 12.7 Å². The monoisotopic (exact) mass is 586 g/mol. The third-order valence-electron chi connectivity index (χ3n) is 5.52. The Balaban J connectivity index is 1.68. The third-order valence-corrected chi connectivity index (χ3v) is 6.61. The van der Waals surface area contributed by atoms with Gasteiger partial charge in [0.2, 0.25) is 0 Å². The smallest absolute Gasteiger partial charge is 0.335 e. The normalized spacial score (nSPS) is 14.7. The minimum atomic E-state index is -0.877. The largest absolute Gasteiger partial charge is 0.490 e. The van der Waals surface area contributed by atoms with Gasteiger partial charge in [0.25, 0.3) is 11.8 Å². The van der Waals surface area contributed by atoms with E-state index >= 15 is 0 Å². The lowest BCUT2D eigenvalue weighted by Gasteiger charge is -2.26. The molecule has 190 valence electrons. The van der Waals surface area contributed by atoms with Gasteiger partial charge in [0, 0.05) is 15.1 Å². The van der Waals surface area contributed by atoms with E-state index in [1.54, 1.807) is 56.3 Å². The number of amides is 4. The second kappa shape index (κ2) is 11.1. The highest BCUT2D eigenvalue weighted by atomic mass is 79.9. The number of nitrogens with one attached hydrogen (secondary N) is 1. The predicted molar refractivity (Wildman–Crippen MR) is 141 cm³/mol. The van der Waals surface area contributed by atoms with Crippen LogP contribution >= 0.6 is 27.5 Å². The molecule has 37 heavy (non-hydrogen) atoms. The number of hydrogen-bond donors (Lipinski definition) is 1. The van der Waals surface area contributed by atoms with E-state index in [0.29, 0.717) is 38.7 Å². The number of benzene rings is 3. The number of nitrogens with zero attached hydrogens (tertiary/aromatic N) is 1. The molecule has 1 heterocycles. The summed E-state index contributed by atoms with van der Waals surface area (Å²) in [6.07, 6.45) is 1.35. The van der Waals surface area contributed by atoms with Crippen molar-refractivity contribution in [2.75, 3.05) is 11.5 Å². The van der Waals surface area contributed by atoms with Gasteiger partial charge < -0.3 is 9.47 Å². The molecule has 0 bridgehead atoms. The van der Waals surface area contributed by atoms with Crippen molar-refractivity contribution < 1.29 is 28.2 Å². The third kappa shape index (κ3) is 5.68. The van der Waals surface area contributed by atoms with Gasteiger partial charge in [0.05, 0.1) is 12.3 Å². The van der Waals surface area contributed by atoms with Crippen LogP contribution in [0.15, 0.2) is 64.6 Å². The standard InChI is InChI=1S/C27H21BrClFN2O5/c1-3-36-23-11-17(20(28)13-24(23)37-14-16-6-4-5-7-22(16)30)10-19-25(33)31-27(35)32(26(19)34)18-9-8-15(2)21(29)12-18/h4-13H,3,14H2,1-2H3,(H,31,33,35)/b19-10-. The molecule has 0 radical (unpaired) electrons. The Morgan fingerprint density at radius 1 is 1.05 bits per heavy atom. The van der Waals surface area contributed by atoms with E-state index in [9.17, 15) is 18.8 Å². The Bertz CT molecular complexity index is 1440. The number of hydrogen-bond acceptors (Lipinski definition) is 5. The minimum Gasteiger partial charge on any atom is -0.490 e. The number of imide groups is 2. The second-order valence-electron chi connectivity index (χ2n) is 8.02. The number of carbonyl (C=O) groups is 3. The van der Waals surface area contributed by atoms with Crippen molar-refractivity contribution in [3.05, 3.63) is 92.2 Å². The highest BCUT2D eigenvalue weighted by Crippen LogP contribution is 2.36. The summed E-state index contributed by atoms with van der Waals surface area (Å²) in [6.45, 7) is 3.85. The molecule has 0 unspecified atom stereocenters. The van der Waals surface area contributed by atoms with Gasteiger partial charge in [-0.1, -0.05) is 51.8 Å². The van der Waals surface area contributed by atoms with Crippen molar-refractivity contribution >= 4 is 57.1 Å². The molecular formula is C27H21BrClFN2O5. The lowest BCUT2D eigenvalue weighted by atomic mass is 10.1. The molecule has 0 atom stereocenters. The molecule has 1 fully saturated rings. The first kappa shape index (κ1) is 26.4. The van der Waals surface area contributed by atoms with Gasteiger partial charge in [-0.3, -0.25) is 14.9 Å². The zero-order valence-corrected chi connectivity index (χ0v) is 22.2. The van der Waals surface area contributed by atoms with Crippen molar-refractivity contribution in [1.82, 2.24) is 5.32 Å². The molecule has 1 saturated heterocycles. The zero-order valence-electron chi connectivity index (χ0n) is 19.8. The maximum absolute atomic E-state index is 14.0. The van der Waals surface area contributed by atoms with Crippen molar-refractivity contribution in [2.45, 2.75) is 20.5 Å². The van der Waals surface area contributed by atoms with Crippen molar-refractivity contribution in [2.24, 2.45) is 0 Å². The first-order valence-electron chi connectivity index (χ1n) is 11.2. The lowest BCUT2D eigenvalue weighted by molar-refractivity contribution is -0.122. The van der Waals surface area contributed by atoms with E-state index in [1.807, 2.05) is 0 Å². The molecule has 0 saturated carbocycles. The van der Waals surface area contributed by atoms with E-state index < -0.39 is 23.7 Å².